The number of aryl methyl sites for hydroxylation is 2. The fourth-order valence-electron chi connectivity index (χ4n) is 2.68. The van der Waals surface area contributed by atoms with Crippen molar-refractivity contribution in [1.29, 1.82) is 0 Å². The lowest BCUT2D eigenvalue weighted by atomic mass is 10.1. The van der Waals surface area contributed by atoms with Gasteiger partial charge >= 0.3 is 5.97 Å². The minimum absolute atomic E-state index is 0.0799. The highest BCUT2D eigenvalue weighted by Crippen LogP contribution is 2.13. The Hall–Kier alpha value is -2.18. The van der Waals surface area contributed by atoms with Crippen LogP contribution < -0.4 is 4.72 Å². The van der Waals surface area contributed by atoms with Crippen LogP contribution in [0, 0.1) is 13.8 Å². The van der Waals surface area contributed by atoms with E-state index in [9.17, 15) is 13.2 Å². The Morgan fingerprint density at radius 3 is 2.21 bits per heavy atom. The molecule has 2 aromatic rings. The first-order valence-electron chi connectivity index (χ1n) is 7.58. The van der Waals surface area contributed by atoms with Gasteiger partial charge in [0.15, 0.2) is 0 Å². The summed E-state index contributed by atoms with van der Waals surface area (Å²) in [6.45, 7) is 3.94. The first-order chi connectivity index (χ1) is 11.2. The molecular weight excluding hydrogens is 326 g/mol. The van der Waals surface area contributed by atoms with Crippen molar-refractivity contribution in [1.82, 2.24) is 4.72 Å². The summed E-state index contributed by atoms with van der Waals surface area (Å²) in [7, 11) is -3.51. The molecule has 0 atom stereocenters. The predicted molar refractivity (Wildman–Crippen MR) is 93.2 cm³/mol. The Labute approximate surface area is 142 Å². The lowest BCUT2D eigenvalue weighted by Gasteiger charge is -2.11. The van der Waals surface area contributed by atoms with Crippen LogP contribution in [0.5, 0.6) is 0 Å². The Kier molecular flexibility index (Phi) is 5.75. The predicted octanol–water partition coefficient (Wildman–Crippen LogP) is 2.55. The molecule has 5 nitrogen and oxygen atoms in total. The summed E-state index contributed by atoms with van der Waals surface area (Å²) >= 11 is 0. The van der Waals surface area contributed by atoms with E-state index in [-0.39, 0.29) is 18.7 Å². The summed E-state index contributed by atoms with van der Waals surface area (Å²) in [4.78, 5) is 10.9. The molecule has 0 fully saturated rings. The van der Waals surface area contributed by atoms with Crippen molar-refractivity contribution in [2.24, 2.45) is 0 Å². The van der Waals surface area contributed by atoms with E-state index in [1.54, 1.807) is 24.3 Å². The third kappa shape index (κ3) is 5.47. The van der Waals surface area contributed by atoms with Gasteiger partial charge in [0.25, 0.3) is 0 Å². The first kappa shape index (κ1) is 18.2. The van der Waals surface area contributed by atoms with Gasteiger partial charge in [0, 0.05) is 6.54 Å². The van der Waals surface area contributed by atoms with Crippen molar-refractivity contribution in [3.63, 3.8) is 0 Å². The standard InChI is InChI=1S/C18H21NO4S/c1-13-7-14(2)9-15(8-13)12-24(22,23)19-11-17-6-4-3-5-16(17)10-18(20)21/h3-9,19H,10-12H2,1-2H3,(H,20,21). The average molecular weight is 347 g/mol. The molecule has 0 saturated carbocycles. The SMILES string of the molecule is Cc1cc(C)cc(CS(=O)(=O)NCc2ccccc2CC(=O)O)c1. The van der Waals surface area contributed by atoms with Gasteiger partial charge in [-0.1, -0.05) is 53.6 Å². The molecule has 0 spiro atoms. The molecule has 0 bridgehead atoms. The number of sulfonamides is 1. The van der Waals surface area contributed by atoms with Gasteiger partial charge in [-0.3, -0.25) is 4.79 Å². The van der Waals surface area contributed by atoms with Crippen LogP contribution in [0.2, 0.25) is 0 Å². The Morgan fingerprint density at radius 2 is 1.62 bits per heavy atom. The lowest BCUT2D eigenvalue weighted by molar-refractivity contribution is -0.136. The molecule has 0 saturated heterocycles. The molecule has 2 aromatic carbocycles. The fourth-order valence-corrected chi connectivity index (χ4v) is 3.76. The molecule has 6 heteroatoms. The third-order valence-corrected chi connectivity index (χ3v) is 4.88. The highest BCUT2D eigenvalue weighted by Gasteiger charge is 2.14. The van der Waals surface area contributed by atoms with Gasteiger partial charge in [-0.25, -0.2) is 13.1 Å². The summed E-state index contributed by atoms with van der Waals surface area (Å²) in [5, 5.41) is 8.93. The normalized spacial score (nSPS) is 11.4. The second-order valence-corrected chi connectivity index (χ2v) is 7.72. The van der Waals surface area contributed by atoms with Crippen LogP contribution in [0.1, 0.15) is 27.8 Å². The lowest BCUT2D eigenvalue weighted by Crippen LogP contribution is -2.25. The summed E-state index contributed by atoms with van der Waals surface area (Å²) < 4.78 is 27.2. The van der Waals surface area contributed by atoms with Crippen LogP contribution in [0.3, 0.4) is 0 Å². The van der Waals surface area contributed by atoms with Crippen molar-refractivity contribution >= 4 is 16.0 Å². The smallest absolute Gasteiger partial charge is 0.307 e. The molecule has 128 valence electrons. The number of hydrogen-bond acceptors (Lipinski definition) is 3. The molecule has 0 amide bonds. The van der Waals surface area contributed by atoms with Crippen molar-refractivity contribution in [3.8, 4) is 0 Å². The van der Waals surface area contributed by atoms with Crippen LogP contribution in [-0.2, 0) is 33.5 Å². The maximum Gasteiger partial charge on any atom is 0.307 e. The summed E-state index contributed by atoms with van der Waals surface area (Å²) in [5.74, 6) is -1.04. The van der Waals surface area contributed by atoms with Gasteiger partial charge in [-0.15, -0.1) is 0 Å². The fraction of sp³-hybridized carbons (Fsp3) is 0.278. The average Bonchev–Trinajstić information content (AvgIpc) is 2.44. The molecule has 0 heterocycles. The van der Waals surface area contributed by atoms with E-state index in [0.29, 0.717) is 11.1 Å². The second-order valence-electron chi connectivity index (χ2n) is 5.92. The summed E-state index contributed by atoms with van der Waals surface area (Å²) in [6, 6.07) is 12.6. The number of carboxylic acid groups (broad SMARTS) is 1. The van der Waals surface area contributed by atoms with Gasteiger partial charge < -0.3 is 5.11 Å². The van der Waals surface area contributed by atoms with Gasteiger partial charge in [0.2, 0.25) is 10.0 Å². The van der Waals surface area contributed by atoms with Crippen molar-refractivity contribution in [3.05, 3.63) is 70.3 Å². The Morgan fingerprint density at radius 1 is 1.04 bits per heavy atom. The van der Waals surface area contributed by atoms with E-state index in [0.717, 1.165) is 16.7 Å². The summed E-state index contributed by atoms with van der Waals surface area (Å²) in [5.41, 5.74) is 4.06. The molecular formula is C18H21NO4S. The number of rotatable bonds is 7. The van der Waals surface area contributed by atoms with E-state index in [2.05, 4.69) is 4.72 Å². The zero-order valence-electron chi connectivity index (χ0n) is 13.7. The molecule has 24 heavy (non-hydrogen) atoms. The quantitative estimate of drug-likeness (QED) is 0.806. The van der Waals surface area contributed by atoms with E-state index >= 15 is 0 Å². The van der Waals surface area contributed by atoms with E-state index in [4.69, 9.17) is 5.11 Å². The maximum atomic E-state index is 12.3. The number of hydrogen-bond donors (Lipinski definition) is 2. The highest BCUT2D eigenvalue weighted by atomic mass is 32.2. The van der Waals surface area contributed by atoms with Crippen molar-refractivity contribution in [2.75, 3.05) is 0 Å². The van der Waals surface area contributed by atoms with Crippen LogP contribution >= 0.6 is 0 Å². The minimum atomic E-state index is -3.51. The maximum absolute atomic E-state index is 12.3. The molecule has 0 aliphatic heterocycles. The van der Waals surface area contributed by atoms with Gasteiger partial charge in [0.1, 0.15) is 0 Å². The number of aliphatic carboxylic acids is 1. The number of benzene rings is 2. The van der Waals surface area contributed by atoms with Crippen LogP contribution in [-0.4, -0.2) is 19.5 Å². The molecule has 2 N–H and O–H groups in total. The van der Waals surface area contributed by atoms with Gasteiger partial charge in [-0.05, 0) is 30.5 Å². The van der Waals surface area contributed by atoms with Crippen LogP contribution in [0.4, 0.5) is 0 Å². The van der Waals surface area contributed by atoms with E-state index in [1.165, 1.54) is 0 Å². The minimum Gasteiger partial charge on any atom is -0.481 e. The van der Waals surface area contributed by atoms with Gasteiger partial charge in [0.05, 0.1) is 12.2 Å². The van der Waals surface area contributed by atoms with E-state index < -0.39 is 16.0 Å². The van der Waals surface area contributed by atoms with Crippen molar-refractivity contribution in [2.45, 2.75) is 32.6 Å². The molecule has 0 aliphatic carbocycles. The Bertz CT molecular complexity index is 824. The highest BCUT2D eigenvalue weighted by molar-refractivity contribution is 7.88. The topological polar surface area (TPSA) is 83.5 Å². The number of nitrogens with one attached hydrogen (secondary N) is 1. The largest absolute Gasteiger partial charge is 0.481 e. The molecule has 2 rings (SSSR count). The second kappa shape index (κ2) is 7.59. The van der Waals surface area contributed by atoms with E-state index in [1.807, 2.05) is 32.0 Å². The van der Waals surface area contributed by atoms with Crippen molar-refractivity contribution < 1.29 is 18.3 Å². The first-order valence-corrected chi connectivity index (χ1v) is 9.23. The third-order valence-electron chi connectivity index (χ3n) is 3.58. The monoisotopic (exact) mass is 347 g/mol. The molecule has 0 aromatic heterocycles. The molecule has 0 aliphatic rings. The van der Waals surface area contributed by atoms with Crippen LogP contribution in [0.15, 0.2) is 42.5 Å². The zero-order valence-corrected chi connectivity index (χ0v) is 14.6. The van der Waals surface area contributed by atoms with Crippen LogP contribution in [0.25, 0.3) is 0 Å². The molecule has 0 unspecified atom stereocenters. The number of carbonyl (C=O) groups is 1. The Balaban J connectivity index is 2.09. The molecule has 0 radical (unpaired) electrons. The number of carboxylic acids is 1. The van der Waals surface area contributed by atoms with Gasteiger partial charge in [-0.2, -0.15) is 0 Å². The summed E-state index contributed by atoms with van der Waals surface area (Å²) in [6.07, 6.45) is -0.130. The zero-order chi connectivity index (χ0) is 17.7.